The van der Waals surface area contributed by atoms with Crippen molar-refractivity contribution in [1.82, 2.24) is 50.1 Å². The van der Waals surface area contributed by atoms with Gasteiger partial charge in [-0.1, -0.05) is 32.9 Å². The second kappa shape index (κ2) is 21.3. The molecular weight excluding hydrogens is 845 g/mol. The Morgan fingerprint density at radius 1 is 0.836 bits per heavy atom. The van der Waals surface area contributed by atoms with Gasteiger partial charge in [0, 0.05) is 66.4 Å². The summed E-state index contributed by atoms with van der Waals surface area (Å²) in [6.45, 7) is 25.2. The third-order valence-electron chi connectivity index (χ3n) is 11.8. The number of ether oxygens (including phenoxy) is 2. The fourth-order valence-electron chi connectivity index (χ4n) is 8.18. The Hall–Kier alpha value is -6.71. The zero-order valence-electron chi connectivity index (χ0n) is 40.8. The van der Waals surface area contributed by atoms with Gasteiger partial charge < -0.3 is 28.5 Å². The lowest BCUT2D eigenvalue weighted by molar-refractivity contribution is -0.0365. The molecule has 1 amide bonds. The van der Waals surface area contributed by atoms with Crippen LogP contribution in [-0.4, -0.2) is 76.2 Å². The molecule has 1 unspecified atom stereocenters. The van der Waals surface area contributed by atoms with Crippen LogP contribution in [0.2, 0.25) is 0 Å². The number of rotatable bonds is 11. The van der Waals surface area contributed by atoms with Gasteiger partial charge in [-0.2, -0.15) is 10.2 Å². The molecule has 0 bridgehead atoms. The number of H-pyrrole nitrogens is 1. The van der Waals surface area contributed by atoms with Gasteiger partial charge in [0.05, 0.1) is 29.0 Å². The zero-order chi connectivity index (χ0) is 47.8. The molecule has 67 heavy (non-hydrogen) atoms. The van der Waals surface area contributed by atoms with E-state index in [1.807, 2.05) is 90.9 Å². The van der Waals surface area contributed by atoms with Crippen LogP contribution in [0.3, 0.4) is 0 Å². The number of carbonyl (C=O) groups excluding carboxylic acids is 1. The molecule has 7 heterocycles. The lowest BCUT2D eigenvalue weighted by Crippen LogP contribution is -2.36. The maximum atomic E-state index is 12.8. The number of oxazole rings is 2. The molecule has 0 aliphatic carbocycles. The van der Waals surface area contributed by atoms with E-state index in [9.17, 15) is 4.79 Å². The first-order valence-electron chi connectivity index (χ1n) is 23.3. The fraction of sp³-hybridized carbons (Fsp3) is 0.404. The van der Waals surface area contributed by atoms with E-state index in [4.69, 9.17) is 23.4 Å². The first kappa shape index (κ1) is 48.2. The molecule has 2 N–H and O–H groups in total. The molecule has 1 aliphatic rings. The molecule has 0 spiro atoms. The summed E-state index contributed by atoms with van der Waals surface area (Å²) in [5.74, 6) is 1.36. The second-order valence-electron chi connectivity index (χ2n) is 17.4. The number of aromatic nitrogens is 8. The van der Waals surface area contributed by atoms with Crippen molar-refractivity contribution in [3.63, 3.8) is 0 Å². The number of hydrogen-bond donors (Lipinski definition) is 2. The van der Waals surface area contributed by atoms with Crippen LogP contribution in [0.5, 0.6) is 0 Å². The summed E-state index contributed by atoms with van der Waals surface area (Å²) in [5.41, 5.74) is 13.3. The van der Waals surface area contributed by atoms with E-state index < -0.39 is 5.60 Å². The molecule has 9 rings (SSSR count). The number of nitrogens with zero attached hydrogens (tertiary/aromatic N) is 8. The largest absolute Gasteiger partial charge is 0.444 e. The highest BCUT2D eigenvalue weighted by Crippen LogP contribution is 2.38. The Bertz CT molecular complexity index is 2930. The summed E-state index contributed by atoms with van der Waals surface area (Å²) in [4.78, 5) is 31.9. The maximum Gasteiger partial charge on any atom is 0.410 e. The van der Waals surface area contributed by atoms with Crippen LogP contribution >= 0.6 is 0 Å². The van der Waals surface area contributed by atoms with E-state index in [1.165, 1.54) is 23.9 Å². The van der Waals surface area contributed by atoms with E-state index in [0.717, 1.165) is 117 Å². The SMILES string of the molecule is CC.CCN(Cc1cncc(-c2ccc3c(c2)c(-c2ocnc2C)nn3C2CCCCO2)c1C)C(=O)OC(C)(C)C.CCNCc1cncc(-c2ccc3[nH]nc(-c4ocnc4C)c3c2)c1C. The molecule has 1 atom stereocenters. The van der Waals surface area contributed by atoms with Crippen molar-refractivity contribution in [3.05, 3.63) is 108 Å². The second-order valence-corrected chi connectivity index (χ2v) is 17.4. The summed E-state index contributed by atoms with van der Waals surface area (Å²) >= 11 is 0. The fourth-order valence-corrected chi connectivity index (χ4v) is 8.18. The molecule has 2 aromatic carbocycles. The summed E-state index contributed by atoms with van der Waals surface area (Å²) in [6, 6.07) is 12.6. The number of amides is 1. The Kier molecular flexibility index (Phi) is 15.3. The van der Waals surface area contributed by atoms with Gasteiger partial charge in [-0.25, -0.2) is 19.4 Å². The number of hydrogen-bond acceptors (Lipinski definition) is 12. The van der Waals surface area contributed by atoms with Crippen LogP contribution in [-0.2, 0) is 22.6 Å². The predicted octanol–water partition coefficient (Wildman–Crippen LogP) is 11.9. The molecular formula is C52H64N10O5. The Labute approximate surface area is 392 Å². The van der Waals surface area contributed by atoms with Crippen LogP contribution in [0, 0.1) is 27.7 Å². The first-order valence-corrected chi connectivity index (χ1v) is 23.3. The van der Waals surface area contributed by atoms with Crippen LogP contribution in [0.25, 0.3) is 67.0 Å². The number of aryl methyl sites for hydroxylation is 2. The summed E-state index contributed by atoms with van der Waals surface area (Å²) < 4.78 is 25.0. The van der Waals surface area contributed by atoms with Crippen molar-refractivity contribution in [2.75, 3.05) is 19.7 Å². The molecule has 8 aromatic rings. The maximum absolute atomic E-state index is 12.8. The molecule has 15 heteroatoms. The average Bonchev–Trinajstić information content (AvgIpc) is 4.14. The number of pyridine rings is 2. The molecule has 0 radical (unpaired) electrons. The molecule has 6 aromatic heterocycles. The topological polar surface area (TPSA) is 175 Å². The van der Waals surface area contributed by atoms with Crippen LogP contribution in [0.1, 0.15) is 108 Å². The monoisotopic (exact) mass is 909 g/mol. The normalized spacial score (nSPS) is 13.8. The standard InChI is InChI=1S/C30H37N5O4.C20H21N5O.C2H6/c1-7-34(29(36)39-30(4,5)6)17-22-15-31-16-24(19(22)2)21-11-12-25-23(14-21)27(28-20(3)32-18-38-28)33-35(25)26-10-8-9-13-37-26;1-4-21-8-15-9-22-10-17(12(15)2)14-5-6-18-16(7-14)19(25-24-18)20-13(3)23-11-26-20;1-2/h11-12,14-16,18,26H,7-10,13,17H2,1-6H3;5-7,9-11,21H,4,8H2,1-3H3,(H,24,25);1-2H3. The van der Waals surface area contributed by atoms with Gasteiger partial charge >= 0.3 is 6.09 Å². The third kappa shape index (κ3) is 10.6. The number of benzene rings is 2. The summed E-state index contributed by atoms with van der Waals surface area (Å²) in [5, 5.41) is 17.8. The van der Waals surface area contributed by atoms with Gasteiger partial charge in [0.25, 0.3) is 0 Å². The minimum Gasteiger partial charge on any atom is -0.444 e. The van der Waals surface area contributed by atoms with Gasteiger partial charge in [0.15, 0.2) is 30.5 Å². The van der Waals surface area contributed by atoms with Crippen LogP contribution in [0.4, 0.5) is 4.79 Å². The van der Waals surface area contributed by atoms with E-state index in [1.54, 1.807) is 4.90 Å². The average molecular weight is 909 g/mol. The Balaban J connectivity index is 0.000000206. The minimum absolute atomic E-state index is 0.108. The lowest BCUT2D eigenvalue weighted by atomic mass is 9.97. The van der Waals surface area contributed by atoms with Crippen LogP contribution < -0.4 is 5.32 Å². The highest BCUT2D eigenvalue weighted by molar-refractivity contribution is 5.96. The van der Waals surface area contributed by atoms with Gasteiger partial charge in [-0.15, -0.1) is 0 Å². The van der Waals surface area contributed by atoms with Gasteiger partial charge in [-0.05, 0) is 139 Å². The molecule has 1 aliphatic heterocycles. The molecule has 0 saturated carbocycles. The van der Waals surface area contributed by atoms with E-state index in [2.05, 4.69) is 86.6 Å². The minimum atomic E-state index is -0.554. The van der Waals surface area contributed by atoms with Crippen molar-refractivity contribution >= 4 is 27.9 Å². The highest BCUT2D eigenvalue weighted by atomic mass is 16.6. The molecule has 15 nitrogen and oxygen atoms in total. The first-order chi connectivity index (χ1) is 32.3. The van der Waals surface area contributed by atoms with Crippen molar-refractivity contribution in [1.29, 1.82) is 0 Å². The van der Waals surface area contributed by atoms with E-state index in [0.29, 0.717) is 24.6 Å². The van der Waals surface area contributed by atoms with Crippen molar-refractivity contribution in [2.24, 2.45) is 0 Å². The lowest BCUT2D eigenvalue weighted by Gasteiger charge is -2.27. The Morgan fingerprint density at radius 2 is 1.46 bits per heavy atom. The van der Waals surface area contributed by atoms with Gasteiger partial charge in [0.1, 0.15) is 17.0 Å². The Morgan fingerprint density at radius 3 is 2.06 bits per heavy atom. The number of carbonyl (C=O) groups is 1. The molecule has 352 valence electrons. The smallest absolute Gasteiger partial charge is 0.410 e. The van der Waals surface area contributed by atoms with Crippen molar-refractivity contribution in [3.8, 4) is 45.2 Å². The highest BCUT2D eigenvalue weighted by Gasteiger charge is 2.26. The van der Waals surface area contributed by atoms with E-state index in [-0.39, 0.29) is 12.3 Å². The number of aromatic amines is 1. The summed E-state index contributed by atoms with van der Waals surface area (Å²) in [7, 11) is 0. The van der Waals surface area contributed by atoms with Gasteiger partial charge in [0.2, 0.25) is 0 Å². The third-order valence-corrected chi connectivity index (χ3v) is 11.8. The van der Waals surface area contributed by atoms with E-state index >= 15 is 0 Å². The van der Waals surface area contributed by atoms with Gasteiger partial charge in [-0.3, -0.25) is 15.1 Å². The number of nitrogens with one attached hydrogen (secondary N) is 2. The predicted molar refractivity (Wildman–Crippen MR) is 262 cm³/mol. The molecule has 1 fully saturated rings. The number of fused-ring (bicyclic) bond motifs is 2. The molecule has 1 saturated heterocycles. The quantitative estimate of drug-likeness (QED) is 0.126. The van der Waals surface area contributed by atoms with Crippen molar-refractivity contribution < 1.29 is 23.1 Å². The van der Waals surface area contributed by atoms with Crippen LogP contribution in [0.15, 0.2) is 82.8 Å². The zero-order valence-corrected chi connectivity index (χ0v) is 40.8. The van der Waals surface area contributed by atoms with Crippen molar-refractivity contribution in [2.45, 2.75) is 120 Å². The summed E-state index contributed by atoms with van der Waals surface area (Å²) in [6.07, 6.45) is 13.1.